The number of hydrogen-bond donors (Lipinski definition) is 2. The van der Waals surface area contributed by atoms with Crippen molar-refractivity contribution in [3.05, 3.63) is 87.6 Å². The van der Waals surface area contributed by atoms with E-state index in [-0.39, 0.29) is 28.7 Å². The van der Waals surface area contributed by atoms with Gasteiger partial charge in [-0.05, 0) is 94.3 Å². The standard InChI is InChI=1S/C35H42ClF3N4O/c1-22(26-13-9-14-27(32(26)37)33(38)39)41-34-28-20-23(15-17-29(28)42-35(36)43-34)16-18-31(44)25-12-7-8-19-40-30(21-25)24-10-5-3-2-4-6-11-24/h3,5-6,9-11,13-14,22-23,25,30,33,40H,2,4,7-8,12,15-21H2,1H3,(H,41,42,43)/b5-3-,11-6-,24-10+/t22-,23?,25?,30?/m1/s1. The number of halogens is 4. The van der Waals surface area contributed by atoms with Crippen LogP contribution in [-0.4, -0.2) is 28.3 Å². The minimum absolute atomic E-state index is 0.0338. The van der Waals surface area contributed by atoms with E-state index >= 15 is 0 Å². The summed E-state index contributed by atoms with van der Waals surface area (Å²) in [7, 11) is 0. The van der Waals surface area contributed by atoms with E-state index in [0.29, 0.717) is 30.9 Å². The highest BCUT2D eigenvalue weighted by molar-refractivity contribution is 6.28. The third-order valence-electron chi connectivity index (χ3n) is 9.24. The van der Waals surface area contributed by atoms with E-state index in [2.05, 4.69) is 51.0 Å². The molecule has 2 heterocycles. The minimum atomic E-state index is -2.90. The first-order valence-corrected chi connectivity index (χ1v) is 16.4. The molecule has 4 atom stereocenters. The number of carbonyl (C=O) groups is 1. The monoisotopic (exact) mass is 626 g/mol. The Morgan fingerprint density at radius 2 is 1.95 bits per heavy atom. The maximum absolute atomic E-state index is 14.9. The molecular weight excluding hydrogens is 585 g/mol. The number of nitrogens with zero attached hydrogens (tertiary/aromatic N) is 2. The second kappa shape index (κ2) is 15.3. The second-order valence-corrected chi connectivity index (χ2v) is 12.6. The lowest BCUT2D eigenvalue weighted by atomic mass is 9.80. The van der Waals surface area contributed by atoms with E-state index in [1.165, 1.54) is 17.7 Å². The number of allylic oxidation sites excluding steroid dienone is 4. The van der Waals surface area contributed by atoms with Gasteiger partial charge in [0, 0.05) is 29.5 Å². The normalized spacial score (nSPS) is 25.8. The molecular formula is C35H42ClF3N4O. The van der Waals surface area contributed by atoms with Crippen LogP contribution >= 0.6 is 11.6 Å². The van der Waals surface area contributed by atoms with Crippen LogP contribution in [-0.2, 0) is 17.6 Å². The molecule has 0 spiro atoms. The van der Waals surface area contributed by atoms with E-state index in [1.54, 1.807) is 6.92 Å². The van der Waals surface area contributed by atoms with Crippen LogP contribution < -0.4 is 10.6 Å². The molecule has 9 heteroatoms. The number of alkyl halides is 2. The third kappa shape index (κ3) is 8.19. The molecule has 5 rings (SSSR count). The molecule has 1 aliphatic heterocycles. The van der Waals surface area contributed by atoms with Gasteiger partial charge in [0.05, 0.1) is 17.3 Å². The van der Waals surface area contributed by atoms with E-state index in [9.17, 15) is 18.0 Å². The lowest BCUT2D eigenvalue weighted by Crippen LogP contribution is -2.37. The summed E-state index contributed by atoms with van der Waals surface area (Å²) in [6, 6.07) is 3.59. The fraction of sp³-hybridized carbons (Fsp3) is 0.514. The summed E-state index contributed by atoms with van der Waals surface area (Å²) in [5, 5.41) is 7.00. The van der Waals surface area contributed by atoms with Crippen LogP contribution in [0.1, 0.15) is 99.6 Å². The zero-order chi connectivity index (χ0) is 31.1. The number of ketones is 1. The molecule has 1 saturated heterocycles. The van der Waals surface area contributed by atoms with Gasteiger partial charge in [-0.3, -0.25) is 4.79 Å². The van der Waals surface area contributed by atoms with Crippen LogP contribution in [0.3, 0.4) is 0 Å². The van der Waals surface area contributed by atoms with Crippen molar-refractivity contribution in [2.24, 2.45) is 11.8 Å². The summed E-state index contributed by atoms with van der Waals surface area (Å²) in [5.41, 5.74) is 2.51. The summed E-state index contributed by atoms with van der Waals surface area (Å²) >= 11 is 6.25. The molecule has 236 valence electrons. The van der Waals surface area contributed by atoms with Crippen LogP contribution in [0.5, 0.6) is 0 Å². The van der Waals surface area contributed by atoms with E-state index in [4.69, 9.17) is 11.6 Å². The number of hydrogen-bond acceptors (Lipinski definition) is 5. The Bertz CT molecular complexity index is 1410. The quantitative estimate of drug-likeness (QED) is 0.272. The highest BCUT2D eigenvalue weighted by atomic mass is 35.5. The van der Waals surface area contributed by atoms with Crippen LogP contribution in [0.15, 0.2) is 54.2 Å². The Hall–Kier alpha value is -2.97. The van der Waals surface area contributed by atoms with Gasteiger partial charge in [0.15, 0.2) is 0 Å². The Morgan fingerprint density at radius 3 is 2.80 bits per heavy atom. The van der Waals surface area contributed by atoms with Gasteiger partial charge in [-0.1, -0.05) is 55.0 Å². The van der Waals surface area contributed by atoms with Gasteiger partial charge in [-0.2, -0.15) is 0 Å². The molecule has 0 saturated carbocycles. The van der Waals surface area contributed by atoms with Crippen molar-refractivity contribution >= 4 is 23.2 Å². The summed E-state index contributed by atoms with van der Waals surface area (Å²) in [4.78, 5) is 22.5. The number of fused-ring (bicyclic) bond motifs is 1. The molecule has 1 aromatic carbocycles. The van der Waals surface area contributed by atoms with E-state index in [0.717, 1.165) is 75.2 Å². The molecule has 0 amide bonds. The number of rotatable bonds is 9. The van der Waals surface area contributed by atoms with Gasteiger partial charge < -0.3 is 10.6 Å². The second-order valence-electron chi connectivity index (χ2n) is 12.3. The number of anilines is 1. The van der Waals surface area contributed by atoms with E-state index in [1.807, 2.05) is 0 Å². The Balaban J connectivity index is 1.24. The number of benzene rings is 1. The van der Waals surface area contributed by atoms with Crippen molar-refractivity contribution in [3.63, 3.8) is 0 Å². The highest BCUT2D eigenvalue weighted by Gasteiger charge is 2.29. The summed E-state index contributed by atoms with van der Waals surface area (Å²) in [6.45, 7) is 2.68. The Labute approximate surface area is 263 Å². The SMILES string of the molecule is C[C@@H](Nc1nc(Cl)nc2c1CC(CCC(=O)C1CCCCNC(C3=C/C=C\CC/C=C\3)C1)CC2)c1cccc(C(F)F)c1F. The molecule has 5 nitrogen and oxygen atoms in total. The molecule has 1 aromatic heterocycles. The third-order valence-corrected chi connectivity index (χ3v) is 9.41. The maximum Gasteiger partial charge on any atom is 0.266 e. The average molecular weight is 627 g/mol. The van der Waals surface area contributed by atoms with Crippen molar-refractivity contribution in [1.82, 2.24) is 15.3 Å². The molecule has 2 aliphatic carbocycles. The smallest absolute Gasteiger partial charge is 0.266 e. The predicted octanol–water partition coefficient (Wildman–Crippen LogP) is 8.82. The van der Waals surface area contributed by atoms with Crippen LogP contribution in [0.2, 0.25) is 5.28 Å². The van der Waals surface area contributed by atoms with Crippen molar-refractivity contribution in [2.75, 3.05) is 11.9 Å². The number of aromatic nitrogens is 2. The molecule has 3 aliphatic rings. The van der Waals surface area contributed by atoms with Gasteiger partial charge in [0.25, 0.3) is 6.43 Å². The van der Waals surface area contributed by atoms with Crippen molar-refractivity contribution < 1.29 is 18.0 Å². The van der Waals surface area contributed by atoms with Crippen LogP contribution in [0.4, 0.5) is 19.0 Å². The topological polar surface area (TPSA) is 66.9 Å². The van der Waals surface area contributed by atoms with Crippen molar-refractivity contribution in [1.29, 1.82) is 0 Å². The van der Waals surface area contributed by atoms with Gasteiger partial charge in [0.2, 0.25) is 5.28 Å². The zero-order valence-corrected chi connectivity index (χ0v) is 26.1. The first kappa shape index (κ1) is 32.4. The van der Waals surface area contributed by atoms with Gasteiger partial charge in [-0.15, -0.1) is 0 Å². The molecule has 2 N–H and O–H groups in total. The largest absolute Gasteiger partial charge is 0.363 e. The highest BCUT2D eigenvalue weighted by Crippen LogP contribution is 2.35. The molecule has 3 unspecified atom stereocenters. The lowest BCUT2D eigenvalue weighted by molar-refractivity contribution is -0.123. The summed E-state index contributed by atoms with van der Waals surface area (Å²) < 4.78 is 41.5. The minimum Gasteiger partial charge on any atom is -0.363 e. The van der Waals surface area contributed by atoms with Crippen LogP contribution in [0, 0.1) is 17.7 Å². The molecule has 2 aromatic rings. The summed E-state index contributed by atoms with van der Waals surface area (Å²) in [5.74, 6) is 0.220. The molecule has 1 fully saturated rings. The fourth-order valence-electron chi connectivity index (χ4n) is 6.72. The number of aryl methyl sites for hydroxylation is 1. The lowest BCUT2D eigenvalue weighted by Gasteiger charge is -2.29. The molecule has 0 bridgehead atoms. The number of nitrogens with one attached hydrogen (secondary N) is 2. The van der Waals surface area contributed by atoms with Crippen LogP contribution in [0.25, 0.3) is 0 Å². The Morgan fingerprint density at radius 1 is 1.14 bits per heavy atom. The number of Topliss-reactive ketones (excluding diaryl/α,β-unsaturated/α-hetero) is 1. The van der Waals surface area contributed by atoms with Crippen molar-refractivity contribution in [3.8, 4) is 0 Å². The Kier molecular flexibility index (Phi) is 11.3. The average Bonchev–Trinajstić information content (AvgIpc) is 2.96. The number of carbonyl (C=O) groups excluding carboxylic acids is 1. The maximum atomic E-state index is 14.9. The van der Waals surface area contributed by atoms with Gasteiger partial charge in [-0.25, -0.2) is 23.1 Å². The van der Waals surface area contributed by atoms with Gasteiger partial charge >= 0.3 is 0 Å². The van der Waals surface area contributed by atoms with Gasteiger partial charge in [0.1, 0.15) is 17.4 Å². The first-order valence-electron chi connectivity index (χ1n) is 16.0. The van der Waals surface area contributed by atoms with E-state index < -0.39 is 23.8 Å². The molecule has 0 radical (unpaired) electrons. The zero-order valence-electron chi connectivity index (χ0n) is 25.3. The van der Waals surface area contributed by atoms with Crippen molar-refractivity contribution in [2.45, 2.75) is 96.1 Å². The fourth-order valence-corrected chi connectivity index (χ4v) is 6.91. The predicted molar refractivity (Wildman–Crippen MR) is 170 cm³/mol. The first-order chi connectivity index (χ1) is 21.3. The summed E-state index contributed by atoms with van der Waals surface area (Å²) in [6.07, 6.45) is 17.6. The molecule has 44 heavy (non-hydrogen) atoms.